The maximum absolute atomic E-state index is 11.4. The van der Waals surface area contributed by atoms with Gasteiger partial charge < -0.3 is 15.8 Å². The number of aliphatic hydroxyl groups excluding tert-OH is 1. The van der Waals surface area contributed by atoms with Crippen molar-refractivity contribution in [3.8, 4) is 0 Å². The van der Waals surface area contributed by atoms with Crippen LogP contribution in [-0.2, 0) is 9.84 Å². The Hall–Kier alpha value is -1.44. The molecule has 2 aromatic rings. The van der Waals surface area contributed by atoms with Crippen molar-refractivity contribution in [2.45, 2.75) is 10.9 Å². The number of nitrogens with zero attached hydrogens (tertiary/aromatic N) is 1. The Bertz CT molecular complexity index is 648. The van der Waals surface area contributed by atoms with Crippen LogP contribution in [0.2, 0.25) is 0 Å². The number of imidazole rings is 1. The fourth-order valence-corrected chi connectivity index (χ4v) is 2.15. The molecule has 0 spiro atoms. The minimum Gasteiger partial charge on any atom is -0.394 e. The molecule has 0 aliphatic rings. The fourth-order valence-electron chi connectivity index (χ4n) is 1.50. The van der Waals surface area contributed by atoms with E-state index in [0.717, 1.165) is 6.26 Å². The predicted octanol–water partition coefficient (Wildman–Crippen LogP) is -0.0415. The third-order valence-corrected chi connectivity index (χ3v) is 3.56. The average Bonchev–Trinajstić information content (AvgIpc) is 2.69. The van der Waals surface area contributed by atoms with Crippen molar-refractivity contribution in [1.82, 2.24) is 9.97 Å². The van der Waals surface area contributed by atoms with Crippen molar-refractivity contribution in [1.29, 1.82) is 0 Å². The van der Waals surface area contributed by atoms with Crippen LogP contribution < -0.4 is 5.73 Å². The van der Waals surface area contributed by atoms with Crippen LogP contribution >= 0.6 is 0 Å². The first kappa shape index (κ1) is 12.0. The zero-order valence-corrected chi connectivity index (χ0v) is 10.0. The van der Waals surface area contributed by atoms with Gasteiger partial charge in [-0.1, -0.05) is 0 Å². The molecule has 1 heterocycles. The minimum absolute atomic E-state index is 0.220. The molecule has 17 heavy (non-hydrogen) atoms. The third-order valence-electron chi connectivity index (χ3n) is 2.45. The molecule has 7 heteroatoms. The van der Waals surface area contributed by atoms with Gasteiger partial charge in [0, 0.05) is 6.26 Å². The molecule has 4 N–H and O–H groups in total. The number of nitrogens with two attached hydrogens (primary N) is 1. The molecular formula is C10H13N3O3S. The highest BCUT2D eigenvalue weighted by atomic mass is 32.2. The molecule has 0 aliphatic heterocycles. The lowest BCUT2D eigenvalue weighted by atomic mass is 10.3. The molecule has 0 aliphatic carbocycles. The van der Waals surface area contributed by atoms with Crippen LogP contribution in [0, 0.1) is 0 Å². The minimum atomic E-state index is -3.24. The highest BCUT2D eigenvalue weighted by molar-refractivity contribution is 7.90. The molecule has 2 rings (SSSR count). The number of aromatic amines is 1. The van der Waals surface area contributed by atoms with Gasteiger partial charge in [-0.25, -0.2) is 13.4 Å². The van der Waals surface area contributed by atoms with E-state index in [1.807, 2.05) is 0 Å². The summed E-state index contributed by atoms with van der Waals surface area (Å²) >= 11 is 0. The summed E-state index contributed by atoms with van der Waals surface area (Å²) in [6, 6.07) is 4.01. The Labute approximate surface area is 98.4 Å². The summed E-state index contributed by atoms with van der Waals surface area (Å²) in [5.74, 6) is 0.438. The second-order valence-electron chi connectivity index (χ2n) is 3.86. The number of aromatic nitrogens is 2. The van der Waals surface area contributed by atoms with Crippen LogP contribution in [0.5, 0.6) is 0 Å². The van der Waals surface area contributed by atoms with Gasteiger partial charge in [0.15, 0.2) is 9.84 Å². The van der Waals surface area contributed by atoms with Gasteiger partial charge in [0.2, 0.25) is 0 Å². The van der Waals surface area contributed by atoms with Crippen molar-refractivity contribution < 1.29 is 13.5 Å². The van der Waals surface area contributed by atoms with E-state index in [-0.39, 0.29) is 11.5 Å². The number of benzene rings is 1. The zero-order valence-electron chi connectivity index (χ0n) is 9.21. The van der Waals surface area contributed by atoms with Crippen LogP contribution in [0.25, 0.3) is 11.0 Å². The van der Waals surface area contributed by atoms with Gasteiger partial charge in [-0.3, -0.25) is 0 Å². The van der Waals surface area contributed by atoms with E-state index < -0.39 is 15.9 Å². The Balaban J connectivity index is 2.56. The quantitative estimate of drug-likeness (QED) is 0.713. The average molecular weight is 255 g/mol. The normalized spacial score (nSPS) is 14.1. The van der Waals surface area contributed by atoms with Gasteiger partial charge in [0.1, 0.15) is 5.82 Å². The van der Waals surface area contributed by atoms with Crippen LogP contribution in [0.15, 0.2) is 23.1 Å². The monoisotopic (exact) mass is 255 g/mol. The number of aliphatic hydroxyl groups is 1. The first-order valence-electron chi connectivity index (χ1n) is 4.98. The van der Waals surface area contributed by atoms with E-state index in [9.17, 15) is 8.42 Å². The maximum Gasteiger partial charge on any atom is 0.175 e. The molecule has 0 radical (unpaired) electrons. The number of H-pyrrole nitrogens is 1. The number of hydrogen-bond donors (Lipinski definition) is 3. The Morgan fingerprint density at radius 1 is 1.53 bits per heavy atom. The fraction of sp³-hybridized carbons (Fsp3) is 0.300. The zero-order chi connectivity index (χ0) is 12.6. The van der Waals surface area contributed by atoms with Crippen LogP contribution in [0.4, 0.5) is 0 Å². The molecule has 1 aromatic carbocycles. The van der Waals surface area contributed by atoms with Crippen LogP contribution in [0.3, 0.4) is 0 Å². The van der Waals surface area contributed by atoms with E-state index in [1.165, 1.54) is 12.1 Å². The first-order valence-corrected chi connectivity index (χ1v) is 6.87. The summed E-state index contributed by atoms with van der Waals surface area (Å²) in [5.41, 5.74) is 6.83. The van der Waals surface area contributed by atoms with Crippen molar-refractivity contribution in [3.05, 3.63) is 24.0 Å². The molecule has 0 fully saturated rings. The summed E-state index contributed by atoms with van der Waals surface area (Å²) in [4.78, 5) is 7.29. The number of fused-ring (bicyclic) bond motifs is 1. The number of rotatable bonds is 3. The van der Waals surface area contributed by atoms with Gasteiger partial charge in [0.05, 0.1) is 28.6 Å². The molecule has 0 saturated carbocycles. The summed E-state index contributed by atoms with van der Waals surface area (Å²) in [7, 11) is -3.24. The van der Waals surface area contributed by atoms with E-state index in [4.69, 9.17) is 10.8 Å². The summed E-state index contributed by atoms with van der Waals surface area (Å²) < 4.78 is 22.7. The lowest BCUT2D eigenvalue weighted by Crippen LogP contribution is -2.15. The highest BCUT2D eigenvalue weighted by Crippen LogP contribution is 2.19. The number of sulfone groups is 1. The van der Waals surface area contributed by atoms with Crippen molar-refractivity contribution >= 4 is 20.9 Å². The standard InChI is InChI=1S/C10H13N3O3S/c1-17(15,16)6-2-3-8-9(4-6)13-10(12-8)7(11)5-14/h2-4,7,14H,5,11H2,1H3,(H,12,13). The van der Waals surface area contributed by atoms with E-state index >= 15 is 0 Å². The largest absolute Gasteiger partial charge is 0.394 e. The summed E-state index contributed by atoms with van der Waals surface area (Å²) in [5, 5.41) is 8.92. The topological polar surface area (TPSA) is 109 Å². The van der Waals surface area contributed by atoms with Gasteiger partial charge in [-0.2, -0.15) is 0 Å². The van der Waals surface area contributed by atoms with Crippen LogP contribution in [-0.4, -0.2) is 36.4 Å². The Morgan fingerprint density at radius 2 is 2.24 bits per heavy atom. The lowest BCUT2D eigenvalue weighted by molar-refractivity contribution is 0.264. The molecule has 6 nitrogen and oxygen atoms in total. The molecule has 1 aromatic heterocycles. The maximum atomic E-state index is 11.4. The highest BCUT2D eigenvalue weighted by Gasteiger charge is 2.13. The lowest BCUT2D eigenvalue weighted by Gasteiger charge is -2.01. The first-order chi connectivity index (χ1) is 7.91. The SMILES string of the molecule is CS(=O)(=O)c1ccc2nc(C(N)CO)[nH]c2c1. The second kappa shape index (κ2) is 4.10. The molecule has 0 saturated heterocycles. The Kier molecular flexibility index (Phi) is 2.90. The van der Waals surface area contributed by atoms with Crippen molar-refractivity contribution in [2.75, 3.05) is 12.9 Å². The smallest absolute Gasteiger partial charge is 0.175 e. The molecule has 1 atom stereocenters. The number of nitrogens with one attached hydrogen (secondary N) is 1. The van der Waals surface area contributed by atoms with E-state index in [2.05, 4.69) is 9.97 Å². The summed E-state index contributed by atoms with van der Waals surface area (Å²) in [6.07, 6.45) is 1.14. The molecule has 0 bridgehead atoms. The van der Waals surface area contributed by atoms with Crippen molar-refractivity contribution in [2.24, 2.45) is 5.73 Å². The van der Waals surface area contributed by atoms with E-state index in [1.54, 1.807) is 6.07 Å². The molecule has 92 valence electrons. The molecule has 1 unspecified atom stereocenters. The van der Waals surface area contributed by atoms with Crippen molar-refractivity contribution in [3.63, 3.8) is 0 Å². The van der Waals surface area contributed by atoms with Gasteiger partial charge in [0.25, 0.3) is 0 Å². The third kappa shape index (κ3) is 2.31. The van der Waals surface area contributed by atoms with Gasteiger partial charge >= 0.3 is 0 Å². The van der Waals surface area contributed by atoms with Gasteiger partial charge in [-0.05, 0) is 18.2 Å². The molecule has 0 amide bonds. The predicted molar refractivity (Wildman–Crippen MR) is 63.2 cm³/mol. The second-order valence-corrected chi connectivity index (χ2v) is 5.88. The summed E-state index contributed by atoms with van der Waals surface area (Å²) in [6.45, 7) is -0.223. The number of hydrogen-bond acceptors (Lipinski definition) is 5. The van der Waals surface area contributed by atoms with E-state index in [0.29, 0.717) is 16.9 Å². The van der Waals surface area contributed by atoms with Crippen LogP contribution in [0.1, 0.15) is 11.9 Å². The van der Waals surface area contributed by atoms with Gasteiger partial charge in [-0.15, -0.1) is 0 Å². The molecular weight excluding hydrogens is 242 g/mol. The Morgan fingerprint density at radius 3 is 2.82 bits per heavy atom.